The maximum atomic E-state index is 11.7. The van der Waals surface area contributed by atoms with Gasteiger partial charge in [0.25, 0.3) is 0 Å². The van der Waals surface area contributed by atoms with Crippen LogP contribution in [-0.4, -0.2) is 25.8 Å². The molecule has 2 unspecified atom stereocenters. The molecule has 1 aliphatic heterocycles. The fourth-order valence-corrected chi connectivity index (χ4v) is 2.52. The monoisotopic (exact) mass is 298 g/mol. The first-order chi connectivity index (χ1) is 10.7. The van der Waals surface area contributed by atoms with Crippen LogP contribution in [-0.2, 0) is 14.3 Å². The zero-order chi connectivity index (χ0) is 15.5. The van der Waals surface area contributed by atoms with Crippen LogP contribution >= 0.6 is 0 Å². The molecule has 0 aliphatic carbocycles. The third kappa shape index (κ3) is 2.83. The number of epoxide rings is 1. The Bertz CT molecular complexity index is 666. The van der Waals surface area contributed by atoms with Crippen LogP contribution in [0.5, 0.6) is 5.75 Å². The molecule has 1 aliphatic rings. The molecule has 0 radical (unpaired) electrons. The molecule has 2 aromatic carbocycles. The minimum atomic E-state index is -0.489. The second-order valence-electron chi connectivity index (χ2n) is 5.06. The van der Waals surface area contributed by atoms with Crippen molar-refractivity contribution in [2.75, 3.05) is 13.7 Å². The lowest BCUT2D eigenvalue weighted by molar-refractivity contribution is -0.144. The van der Waals surface area contributed by atoms with Gasteiger partial charge < -0.3 is 14.2 Å². The summed E-state index contributed by atoms with van der Waals surface area (Å²) in [6.07, 6.45) is -0.718. The molecular weight excluding hydrogens is 280 g/mol. The quantitative estimate of drug-likeness (QED) is 0.627. The topological polar surface area (TPSA) is 48.1 Å². The summed E-state index contributed by atoms with van der Waals surface area (Å²) in [6, 6.07) is 15.8. The van der Waals surface area contributed by atoms with Crippen LogP contribution in [0, 0.1) is 0 Å². The number of esters is 1. The summed E-state index contributed by atoms with van der Waals surface area (Å²) in [7, 11) is 1.65. The molecule has 22 heavy (non-hydrogen) atoms. The number of carbonyl (C=O) groups is 1. The van der Waals surface area contributed by atoms with E-state index >= 15 is 0 Å². The van der Waals surface area contributed by atoms with Crippen LogP contribution < -0.4 is 4.74 Å². The number of rotatable bonds is 5. The number of benzene rings is 2. The number of hydrogen-bond acceptors (Lipinski definition) is 4. The highest BCUT2D eigenvalue weighted by atomic mass is 16.6. The van der Waals surface area contributed by atoms with Crippen molar-refractivity contribution in [1.82, 2.24) is 0 Å². The lowest BCUT2D eigenvalue weighted by Crippen LogP contribution is -2.11. The molecule has 3 rings (SSSR count). The van der Waals surface area contributed by atoms with Crippen LogP contribution in [0.4, 0.5) is 0 Å². The van der Waals surface area contributed by atoms with Crippen molar-refractivity contribution in [3.63, 3.8) is 0 Å². The van der Waals surface area contributed by atoms with Crippen molar-refractivity contribution >= 4 is 5.97 Å². The van der Waals surface area contributed by atoms with Gasteiger partial charge in [0, 0.05) is 5.56 Å². The van der Waals surface area contributed by atoms with E-state index in [-0.39, 0.29) is 12.1 Å². The number of carbonyl (C=O) groups excluding carboxylic acids is 1. The molecular formula is C18H18O4. The largest absolute Gasteiger partial charge is 0.496 e. The molecule has 0 bridgehead atoms. The van der Waals surface area contributed by atoms with Gasteiger partial charge in [0.15, 0.2) is 6.10 Å². The highest BCUT2D eigenvalue weighted by Gasteiger charge is 2.47. The Morgan fingerprint density at radius 3 is 2.64 bits per heavy atom. The fraction of sp³-hybridized carbons (Fsp3) is 0.278. The Balaban J connectivity index is 1.88. The minimum Gasteiger partial charge on any atom is -0.496 e. The van der Waals surface area contributed by atoms with Gasteiger partial charge in [0.1, 0.15) is 11.9 Å². The lowest BCUT2D eigenvalue weighted by atomic mass is 10.00. The van der Waals surface area contributed by atoms with E-state index in [1.54, 1.807) is 14.0 Å². The number of hydrogen-bond donors (Lipinski definition) is 0. The lowest BCUT2D eigenvalue weighted by Gasteiger charge is -2.10. The van der Waals surface area contributed by atoms with E-state index in [9.17, 15) is 4.79 Å². The maximum absolute atomic E-state index is 11.7. The summed E-state index contributed by atoms with van der Waals surface area (Å²) in [4.78, 5) is 11.7. The average molecular weight is 298 g/mol. The van der Waals surface area contributed by atoms with E-state index < -0.39 is 6.10 Å². The highest BCUT2D eigenvalue weighted by Crippen LogP contribution is 2.42. The number of methoxy groups -OCH3 is 1. The van der Waals surface area contributed by atoms with Crippen molar-refractivity contribution in [3.05, 3.63) is 54.1 Å². The van der Waals surface area contributed by atoms with E-state index in [4.69, 9.17) is 14.2 Å². The molecule has 0 aromatic heterocycles. The molecule has 2 aromatic rings. The Labute approximate surface area is 129 Å². The van der Waals surface area contributed by atoms with E-state index in [1.165, 1.54) is 0 Å². The molecule has 1 fully saturated rings. The Kier molecular flexibility index (Phi) is 4.11. The second kappa shape index (κ2) is 6.20. The third-order valence-electron chi connectivity index (χ3n) is 3.65. The first kappa shape index (κ1) is 14.6. The molecule has 0 spiro atoms. The molecule has 1 saturated heterocycles. The van der Waals surface area contributed by atoms with Crippen molar-refractivity contribution in [2.45, 2.75) is 19.1 Å². The summed E-state index contributed by atoms with van der Waals surface area (Å²) in [5.41, 5.74) is 3.01. The molecule has 4 nitrogen and oxygen atoms in total. The van der Waals surface area contributed by atoms with Crippen molar-refractivity contribution in [2.24, 2.45) is 0 Å². The molecule has 0 N–H and O–H groups in total. The van der Waals surface area contributed by atoms with Gasteiger partial charge in [-0.1, -0.05) is 36.4 Å². The van der Waals surface area contributed by atoms with Crippen LogP contribution in [0.25, 0.3) is 11.1 Å². The SMILES string of the molecule is CCOC(=O)C1OC1c1ccc(OC)c(-c2ccccc2)c1. The van der Waals surface area contributed by atoms with Gasteiger partial charge in [0.05, 0.1) is 13.7 Å². The molecule has 1 heterocycles. The summed E-state index contributed by atoms with van der Waals surface area (Å²) < 4.78 is 15.9. The van der Waals surface area contributed by atoms with Crippen molar-refractivity contribution in [3.8, 4) is 16.9 Å². The zero-order valence-corrected chi connectivity index (χ0v) is 12.6. The number of ether oxygens (including phenoxy) is 3. The van der Waals surface area contributed by atoms with Crippen molar-refractivity contribution in [1.29, 1.82) is 0 Å². The van der Waals surface area contributed by atoms with Gasteiger partial charge in [-0.25, -0.2) is 4.79 Å². The molecule has 2 atom stereocenters. The normalized spacial score (nSPS) is 19.5. The van der Waals surface area contributed by atoms with Gasteiger partial charge in [-0.05, 0) is 30.2 Å². The van der Waals surface area contributed by atoms with E-state index in [2.05, 4.69) is 0 Å². The molecule has 4 heteroatoms. The second-order valence-corrected chi connectivity index (χ2v) is 5.06. The summed E-state index contributed by atoms with van der Waals surface area (Å²) in [6.45, 7) is 2.15. The Morgan fingerprint density at radius 2 is 1.95 bits per heavy atom. The smallest absolute Gasteiger partial charge is 0.338 e. The summed E-state index contributed by atoms with van der Waals surface area (Å²) in [5, 5.41) is 0. The highest BCUT2D eigenvalue weighted by molar-refractivity contribution is 5.79. The first-order valence-corrected chi connectivity index (χ1v) is 7.30. The van der Waals surface area contributed by atoms with Gasteiger partial charge >= 0.3 is 5.97 Å². The van der Waals surface area contributed by atoms with E-state index in [1.807, 2.05) is 48.5 Å². The predicted molar refractivity (Wildman–Crippen MR) is 82.7 cm³/mol. The Hall–Kier alpha value is -2.33. The van der Waals surface area contributed by atoms with E-state index in [0.717, 1.165) is 22.4 Å². The standard InChI is InChI=1S/C18H18O4/c1-3-21-18(19)17-16(22-17)13-9-10-15(20-2)14(11-13)12-7-5-4-6-8-12/h4-11,16-17H,3H2,1-2H3. The molecule has 0 saturated carbocycles. The van der Waals surface area contributed by atoms with Crippen LogP contribution in [0.3, 0.4) is 0 Å². The Morgan fingerprint density at radius 1 is 1.18 bits per heavy atom. The third-order valence-corrected chi connectivity index (χ3v) is 3.65. The fourth-order valence-electron chi connectivity index (χ4n) is 2.52. The van der Waals surface area contributed by atoms with Crippen LogP contribution in [0.1, 0.15) is 18.6 Å². The molecule has 0 amide bonds. The predicted octanol–water partition coefficient (Wildman–Crippen LogP) is 3.37. The minimum absolute atomic E-state index is 0.229. The average Bonchev–Trinajstić information content (AvgIpc) is 3.36. The van der Waals surface area contributed by atoms with E-state index in [0.29, 0.717) is 6.61 Å². The van der Waals surface area contributed by atoms with Gasteiger partial charge in [-0.3, -0.25) is 0 Å². The van der Waals surface area contributed by atoms with Crippen molar-refractivity contribution < 1.29 is 19.0 Å². The summed E-state index contributed by atoms with van der Waals surface area (Å²) >= 11 is 0. The first-order valence-electron chi connectivity index (χ1n) is 7.30. The van der Waals surface area contributed by atoms with Crippen LogP contribution in [0.15, 0.2) is 48.5 Å². The zero-order valence-electron chi connectivity index (χ0n) is 12.6. The molecule has 114 valence electrons. The summed E-state index contributed by atoms with van der Waals surface area (Å²) in [5.74, 6) is 0.493. The van der Waals surface area contributed by atoms with Gasteiger partial charge in [-0.15, -0.1) is 0 Å². The van der Waals surface area contributed by atoms with Crippen LogP contribution in [0.2, 0.25) is 0 Å². The van der Waals surface area contributed by atoms with Gasteiger partial charge in [0.2, 0.25) is 0 Å². The maximum Gasteiger partial charge on any atom is 0.338 e. The van der Waals surface area contributed by atoms with Gasteiger partial charge in [-0.2, -0.15) is 0 Å².